The minimum atomic E-state index is -0.310. The van der Waals surface area contributed by atoms with Gasteiger partial charge >= 0.3 is 0 Å². The third-order valence-corrected chi connectivity index (χ3v) is 3.87. The average molecular weight is 296 g/mol. The minimum Gasteiger partial charge on any atom is -0.340 e. The Morgan fingerprint density at radius 1 is 1.09 bits per heavy atom. The first-order chi connectivity index (χ1) is 10.5. The quantitative estimate of drug-likeness (QED) is 0.756. The van der Waals surface area contributed by atoms with Gasteiger partial charge in [0.15, 0.2) is 0 Å². The van der Waals surface area contributed by atoms with Crippen LogP contribution in [0, 0.1) is 19.7 Å². The zero-order valence-electron chi connectivity index (χ0n) is 12.8. The second-order valence-electron chi connectivity index (χ2n) is 5.56. The van der Waals surface area contributed by atoms with Gasteiger partial charge in [-0.15, -0.1) is 0 Å². The lowest BCUT2D eigenvalue weighted by Crippen LogP contribution is -2.16. The molecule has 3 nitrogen and oxygen atoms in total. The molecule has 0 aliphatic carbocycles. The molecule has 1 heterocycles. The number of aromatic nitrogens is 1. The molecule has 0 fully saturated rings. The van der Waals surface area contributed by atoms with E-state index in [2.05, 4.69) is 5.32 Å². The van der Waals surface area contributed by atoms with Gasteiger partial charge in [0, 0.05) is 18.1 Å². The summed E-state index contributed by atoms with van der Waals surface area (Å²) in [5.41, 5.74) is 4.15. The topological polar surface area (TPSA) is 34.0 Å². The van der Waals surface area contributed by atoms with E-state index in [1.807, 2.05) is 32.0 Å². The zero-order valence-corrected chi connectivity index (χ0v) is 12.8. The van der Waals surface area contributed by atoms with Crippen molar-refractivity contribution in [2.45, 2.75) is 13.8 Å². The highest BCUT2D eigenvalue weighted by molar-refractivity contribution is 6.06. The summed E-state index contributed by atoms with van der Waals surface area (Å²) in [6.07, 6.45) is 0. The number of aryl methyl sites for hydroxylation is 3. The number of carbonyl (C=O) groups excluding carboxylic acids is 1. The van der Waals surface area contributed by atoms with Crippen LogP contribution in [0.25, 0.3) is 10.9 Å². The van der Waals surface area contributed by atoms with E-state index in [1.54, 1.807) is 23.7 Å². The Bertz CT molecular complexity index is 880. The Morgan fingerprint density at radius 3 is 2.59 bits per heavy atom. The highest BCUT2D eigenvalue weighted by Gasteiger charge is 2.14. The Kier molecular flexibility index (Phi) is 3.45. The lowest BCUT2D eigenvalue weighted by molar-refractivity contribution is 0.101. The van der Waals surface area contributed by atoms with Crippen molar-refractivity contribution in [2.24, 2.45) is 7.05 Å². The maximum atomic E-state index is 13.4. The first kappa shape index (κ1) is 14.3. The van der Waals surface area contributed by atoms with Crippen LogP contribution in [-0.4, -0.2) is 10.5 Å². The van der Waals surface area contributed by atoms with Gasteiger partial charge in [0.05, 0.1) is 5.52 Å². The van der Waals surface area contributed by atoms with Crippen molar-refractivity contribution in [1.82, 2.24) is 4.57 Å². The maximum absolute atomic E-state index is 13.4. The van der Waals surface area contributed by atoms with Gasteiger partial charge in [-0.05, 0) is 49.7 Å². The highest BCUT2D eigenvalue weighted by Crippen LogP contribution is 2.22. The summed E-state index contributed by atoms with van der Waals surface area (Å²) in [7, 11) is 1.76. The highest BCUT2D eigenvalue weighted by atomic mass is 19.1. The van der Waals surface area contributed by atoms with E-state index in [0.29, 0.717) is 11.2 Å². The zero-order chi connectivity index (χ0) is 15.9. The van der Waals surface area contributed by atoms with E-state index >= 15 is 0 Å². The van der Waals surface area contributed by atoms with E-state index in [4.69, 9.17) is 0 Å². The predicted octanol–water partition coefficient (Wildman–Crippen LogP) is 4.19. The van der Waals surface area contributed by atoms with Crippen LogP contribution < -0.4 is 5.32 Å². The molecule has 0 atom stereocenters. The van der Waals surface area contributed by atoms with Crippen LogP contribution in [0.2, 0.25) is 0 Å². The van der Waals surface area contributed by atoms with Crippen molar-refractivity contribution in [3.63, 3.8) is 0 Å². The smallest absolute Gasteiger partial charge is 0.272 e. The van der Waals surface area contributed by atoms with E-state index in [-0.39, 0.29) is 11.7 Å². The summed E-state index contributed by atoms with van der Waals surface area (Å²) >= 11 is 0. The number of carbonyl (C=O) groups is 1. The number of anilines is 1. The van der Waals surface area contributed by atoms with Crippen LogP contribution in [0.15, 0.2) is 42.5 Å². The fourth-order valence-electron chi connectivity index (χ4n) is 2.66. The number of nitrogens with one attached hydrogen (secondary N) is 1. The lowest BCUT2D eigenvalue weighted by Gasteiger charge is -2.10. The lowest BCUT2D eigenvalue weighted by atomic mass is 10.1. The van der Waals surface area contributed by atoms with Gasteiger partial charge < -0.3 is 9.88 Å². The molecular weight excluding hydrogens is 279 g/mol. The van der Waals surface area contributed by atoms with Crippen LogP contribution in [-0.2, 0) is 7.05 Å². The third kappa shape index (κ3) is 2.48. The molecular formula is C18H17FN2O. The molecule has 0 bridgehead atoms. The Hall–Kier alpha value is -2.62. The number of hydrogen-bond donors (Lipinski definition) is 1. The molecule has 0 saturated heterocycles. The van der Waals surface area contributed by atoms with Crippen molar-refractivity contribution in [3.8, 4) is 0 Å². The van der Waals surface area contributed by atoms with Gasteiger partial charge in [0.25, 0.3) is 5.91 Å². The van der Waals surface area contributed by atoms with Crippen LogP contribution in [0.4, 0.5) is 10.1 Å². The summed E-state index contributed by atoms with van der Waals surface area (Å²) < 4.78 is 15.1. The molecule has 112 valence electrons. The Balaban J connectivity index is 1.97. The first-order valence-corrected chi connectivity index (χ1v) is 7.09. The molecule has 4 heteroatoms. The minimum absolute atomic E-state index is 0.203. The molecule has 0 saturated carbocycles. The van der Waals surface area contributed by atoms with E-state index in [9.17, 15) is 9.18 Å². The van der Waals surface area contributed by atoms with Crippen molar-refractivity contribution in [2.75, 3.05) is 5.32 Å². The Morgan fingerprint density at radius 2 is 1.86 bits per heavy atom. The first-order valence-electron chi connectivity index (χ1n) is 7.09. The summed E-state index contributed by atoms with van der Waals surface area (Å²) in [6.45, 7) is 3.97. The van der Waals surface area contributed by atoms with Gasteiger partial charge in [0.2, 0.25) is 0 Å². The largest absolute Gasteiger partial charge is 0.340 e. The molecule has 0 aliphatic heterocycles. The van der Waals surface area contributed by atoms with Gasteiger partial charge in [-0.2, -0.15) is 0 Å². The summed E-state index contributed by atoms with van der Waals surface area (Å²) in [4.78, 5) is 12.5. The van der Waals surface area contributed by atoms with E-state index in [1.165, 1.54) is 12.1 Å². The number of nitrogens with zero attached hydrogens (tertiary/aromatic N) is 1. The maximum Gasteiger partial charge on any atom is 0.272 e. The van der Waals surface area contributed by atoms with Gasteiger partial charge in [-0.3, -0.25) is 4.79 Å². The molecule has 0 spiro atoms. The van der Waals surface area contributed by atoms with E-state index < -0.39 is 0 Å². The second-order valence-corrected chi connectivity index (χ2v) is 5.56. The van der Waals surface area contributed by atoms with Gasteiger partial charge in [0.1, 0.15) is 11.5 Å². The summed E-state index contributed by atoms with van der Waals surface area (Å²) in [5.74, 6) is -0.513. The van der Waals surface area contributed by atoms with Crippen molar-refractivity contribution in [3.05, 3.63) is 65.1 Å². The molecule has 3 aromatic rings. The molecule has 1 N–H and O–H groups in total. The summed E-state index contributed by atoms with van der Waals surface area (Å²) in [5, 5.41) is 3.76. The normalized spacial score (nSPS) is 10.9. The van der Waals surface area contributed by atoms with Crippen LogP contribution in [0.3, 0.4) is 0 Å². The molecule has 0 unspecified atom stereocenters. The fraction of sp³-hybridized carbons (Fsp3) is 0.167. The van der Waals surface area contributed by atoms with Gasteiger partial charge in [-0.1, -0.05) is 17.7 Å². The predicted molar refractivity (Wildman–Crippen MR) is 86.7 cm³/mol. The van der Waals surface area contributed by atoms with Gasteiger partial charge in [-0.25, -0.2) is 4.39 Å². The van der Waals surface area contributed by atoms with E-state index in [0.717, 1.165) is 22.2 Å². The monoisotopic (exact) mass is 296 g/mol. The molecule has 2 aromatic carbocycles. The molecule has 22 heavy (non-hydrogen) atoms. The van der Waals surface area contributed by atoms with Crippen molar-refractivity contribution in [1.29, 1.82) is 0 Å². The number of hydrogen-bond acceptors (Lipinski definition) is 1. The third-order valence-electron chi connectivity index (χ3n) is 3.87. The standard InChI is InChI=1S/C18H17FN2O/c1-11-4-7-15(12(2)8-11)20-18(22)17-9-13-5-6-14(19)10-16(13)21(17)3/h4-10H,1-3H3,(H,20,22). The number of halogens is 1. The molecule has 0 radical (unpaired) electrons. The average Bonchev–Trinajstić information content (AvgIpc) is 2.79. The fourth-order valence-corrected chi connectivity index (χ4v) is 2.66. The number of benzene rings is 2. The van der Waals surface area contributed by atoms with Crippen LogP contribution >= 0.6 is 0 Å². The van der Waals surface area contributed by atoms with Crippen molar-refractivity contribution < 1.29 is 9.18 Å². The molecule has 1 aromatic heterocycles. The number of fused-ring (bicyclic) bond motifs is 1. The molecule has 0 aliphatic rings. The Labute approximate surface area is 128 Å². The van der Waals surface area contributed by atoms with Crippen LogP contribution in [0.5, 0.6) is 0 Å². The van der Waals surface area contributed by atoms with Crippen molar-refractivity contribution >= 4 is 22.5 Å². The molecule has 1 amide bonds. The SMILES string of the molecule is Cc1ccc(NC(=O)c2cc3ccc(F)cc3n2C)c(C)c1. The second kappa shape index (κ2) is 5.30. The molecule has 3 rings (SSSR count). The van der Waals surface area contributed by atoms with Crippen LogP contribution in [0.1, 0.15) is 21.6 Å². The number of amides is 1. The number of rotatable bonds is 2. The summed E-state index contributed by atoms with van der Waals surface area (Å²) in [6, 6.07) is 12.2.